The van der Waals surface area contributed by atoms with Gasteiger partial charge in [0.15, 0.2) is 0 Å². The molecule has 0 atom stereocenters. The third-order valence-electron chi connectivity index (χ3n) is 2.86. The molecule has 7 heteroatoms. The highest BCUT2D eigenvalue weighted by Crippen LogP contribution is 2.12. The topological polar surface area (TPSA) is 86.9 Å². The molecule has 0 radical (unpaired) electrons. The zero-order valence-corrected chi connectivity index (χ0v) is 13.3. The van der Waals surface area contributed by atoms with Crippen LogP contribution in [0.2, 0.25) is 0 Å². The van der Waals surface area contributed by atoms with Crippen molar-refractivity contribution in [2.24, 2.45) is 0 Å². The molecule has 6 nitrogen and oxygen atoms in total. The number of carbonyl (C=O) groups excluding carboxylic acids is 2. The molecule has 0 aliphatic heterocycles. The number of amides is 2. The maximum Gasteiger partial charge on any atom is 0.235 e. The molecule has 22 heavy (non-hydrogen) atoms. The number of hydrogen-bond donors (Lipinski definition) is 3. The second-order valence-electron chi connectivity index (χ2n) is 4.89. The molecule has 2 rings (SSSR count). The standard InChI is InChI=1S/C15H18N4O2S/c1-10-4-3-5-12(6-10)17-13(20)8-22-9-14(21)18-15-11(2)7-16-19-15/h3-7H,8-9H2,1-2H3,(H,17,20)(H2,16,18,19,21). The van der Waals surface area contributed by atoms with Crippen molar-refractivity contribution in [2.75, 3.05) is 22.1 Å². The fraction of sp³-hybridized carbons (Fsp3) is 0.267. The monoisotopic (exact) mass is 318 g/mol. The third-order valence-corrected chi connectivity index (χ3v) is 3.79. The zero-order valence-electron chi connectivity index (χ0n) is 12.5. The van der Waals surface area contributed by atoms with Crippen LogP contribution in [0.4, 0.5) is 11.5 Å². The van der Waals surface area contributed by atoms with Gasteiger partial charge in [0.25, 0.3) is 0 Å². The summed E-state index contributed by atoms with van der Waals surface area (Å²) in [6.07, 6.45) is 1.64. The van der Waals surface area contributed by atoms with E-state index in [4.69, 9.17) is 0 Å². The number of rotatable bonds is 6. The Morgan fingerprint density at radius 1 is 1.18 bits per heavy atom. The summed E-state index contributed by atoms with van der Waals surface area (Å²) in [6, 6.07) is 7.59. The van der Waals surface area contributed by atoms with Gasteiger partial charge in [0.2, 0.25) is 11.8 Å². The summed E-state index contributed by atoms with van der Waals surface area (Å²) in [4.78, 5) is 23.5. The molecule has 0 spiro atoms. The minimum absolute atomic E-state index is 0.124. The molecular weight excluding hydrogens is 300 g/mol. The van der Waals surface area contributed by atoms with Crippen molar-refractivity contribution < 1.29 is 9.59 Å². The van der Waals surface area contributed by atoms with Crippen LogP contribution in [0.5, 0.6) is 0 Å². The Morgan fingerprint density at radius 3 is 2.55 bits per heavy atom. The van der Waals surface area contributed by atoms with E-state index < -0.39 is 0 Å². The number of benzene rings is 1. The molecule has 3 N–H and O–H groups in total. The second-order valence-corrected chi connectivity index (χ2v) is 5.87. The summed E-state index contributed by atoms with van der Waals surface area (Å²) >= 11 is 1.26. The van der Waals surface area contributed by atoms with Crippen molar-refractivity contribution in [3.63, 3.8) is 0 Å². The van der Waals surface area contributed by atoms with Gasteiger partial charge >= 0.3 is 0 Å². The Kier molecular flexibility index (Phi) is 5.60. The number of H-pyrrole nitrogens is 1. The van der Waals surface area contributed by atoms with Gasteiger partial charge in [-0.2, -0.15) is 5.10 Å². The van der Waals surface area contributed by atoms with Crippen molar-refractivity contribution >= 4 is 35.1 Å². The lowest BCUT2D eigenvalue weighted by Gasteiger charge is -2.06. The number of thioether (sulfide) groups is 1. The van der Waals surface area contributed by atoms with Crippen LogP contribution in [0.3, 0.4) is 0 Å². The molecule has 0 saturated carbocycles. The number of aromatic amines is 1. The maximum atomic E-state index is 11.8. The second kappa shape index (κ2) is 7.65. The van der Waals surface area contributed by atoms with E-state index in [-0.39, 0.29) is 23.3 Å². The van der Waals surface area contributed by atoms with E-state index in [1.165, 1.54) is 11.8 Å². The third kappa shape index (κ3) is 4.92. The van der Waals surface area contributed by atoms with Crippen molar-refractivity contribution in [3.8, 4) is 0 Å². The zero-order chi connectivity index (χ0) is 15.9. The van der Waals surface area contributed by atoms with Crippen molar-refractivity contribution in [2.45, 2.75) is 13.8 Å². The highest BCUT2D eigenvalue weighted by molar-refractivity contribution is 8.00. The molecule has 0 aliphatic carbocycles. The van der Waals surface area contributed by atoms with Gasteiger partial charge in [-0.1, -0.05) is 12.1 Å². The molecule has 0 saturated heterocycles. The largest absolute Gasteiger partial charge is 0.325 e. The molecule has 1 heterocycles. The van der Waals surface area contributed by atoms with E-state index >= 15 is 0 Å². The number of nitrogens with zero attached hydrogens (tertiary/aromatic N) is 1. The number of aromatic nitrogens is 2. The van der Waals surface area contributed by atoms with Crippen LogP contribution < -0.4 is 10.6 Å². The molecule has 0 aliphatic rings. The first kappa shape index (κ1) is 16.1. The van der Waals surface area contributed by atoms with Crippen LogP contribution in [0.25, 0.3) is 0 Å². The lowest BCUT2D eigenvalue weighted by molar-refractivity contribution is -0.114. The summed E-state index contributed by atoms with van der Waals surface area (Å²) < 4.78 is 0. The van der Waals surface area contributed by atoms with E-state index in [0.29, 0.717) is 5.82 Å². The summed E-state index contributed by atoms with van der Waals surface area (Å²) in [5.74, 6) is 0.736. The van der Waals surface area contributed by atoms with Gasteiger partial charge in [-0.15, -0.1) is 11.8 Å². The summed E-state index contributed by atoms with van der Waals surface area (Å²) in [5, 5.41) is 12.0. The van der Waals surface area contributed by atoms with Crippen LogP contribution in [0, 0.1) is 13.8 Å². The SMILES string of the molecule is Cc1cccc(NC(=O)CSCC(=O)Nc2[nH]ncc2C)c1. The predicted octanol–water partition coefficient (Wildman–Crippen LogP) is 2.34. The lowest BCUT2D eigenvalue weighted by Crippen LogP contribution is -2.19. The summed E-state index contributed by atoms with van der Waals surface area (Å²) in [7, 11) is 0. The van der Waals surface area contributed by atoms with Gasteiger partial charge in [0.05, 0.1) is 17.7 Å². The highest BCUT2D eigenvalue weighted by atomic mass is 32.2. The molecule has 1 aromatic heterocycles. The smallest absolute Gasteiger partial charge is 0.235 e. The molecule has 1 aromatic carbocycles. The van der Waals surface area contributed by atoms with E-state index in [2.05, 4.69) is 20.8 Å². The number of hydrogen-bond acceptors (Lipinski definition) is 4. The van der Waals surface area contributed by atoms with E-state index in [0.717, 1.165) is 16.8 Å². The first-order valence-electron chi connectivity index (χ1n) is 6.78. The van der Waals surface area contributed by atoms with Crippen LogP contribution >= 0.6 is 11.8 Å². The first-order valence-corrected chi connectivity index (χ1v) is 7.94. The normalized spacial score (nSPS) is 10.3. The summed E-state index contributed by atoms with van der Waals surface area (Å²) in [5.41, 5.74) is 2.72. The van der Waals surface area contributed by atoms with E-state index in [1.54, 1.807) is 6.20 Å². The van der Waals surface area contributed by atoms with Crippen molar-refractivity contribution in [1.29, 1.82) is 0 Å². The minimum Gasteiger partial charge on any atom is -0.325 e. The molecule has 116 valence electrons. The Balaban J connectivity index is 1.70. The van der Waals surface area contributed by atoms with Crippen LogP contribution in [0.15, 0.2) is 30.5 Å². The van der Waals surface area contributed by atoms with E-state index in [1.807, 2.05) is 38.1 Å². The molecule has 0 bridgehead atoms. The van der Waals surface area contributed by atoms with Gasteiger partial charge in [-0.3, -0.25) is 14.7 Å². The number of nitrogens with one attached hydrogen (secondary N) is 3. The van der Waals surface area contributed by atoms with Crippen LogP contribution in [-0.4, -0.2) is 33.5 Å². The maximum absolute atomic E-state index is 11.8. The average Bonchev–Trinajstić information content (AvgIpc) is 2.84. The van der Waals surface area contributed by atoms with Gasteiger partial charge in [0.1, 0.15) is 5.82 Å². The van der Waals surface area contributed by atoms with Crippen LogP contribution in [0.1, 0.15) is 11.1 Å². The lowest BCUT2D eigenvalue weighted by atomic mass is 10.2. The van der Waals surface area contributed by atoms with Gasteiger partial charge < -0.3 is 10.6 Å². The van der Waals surface area contributed by atoms with Crippen molar-refractivity contribution in [1.82, 2.24) is 10.2 Å². The fourth-order valence-corrected chi connectivity index (χ4v) is 2.42. The van der Waals surface area contributed by atoms with Gasteiger partial charge in [-0.05, 0) is 31.5 Å². The van der Waals surface area contributed by atoms with Gasteiger partial charge in [-0.25, -0.2) is 0 Å². The Morgan fingerprint density at radius 2 is 1.91 bits per heavy atom. The minimum atomic E-state index is -0.166. The molecule has 0 unspecified atom stereocenters. The molecule has 2 amide bonds. The Hall–Kier alpha value is -2.28. The average molecular weight is 318 g/mol. The first-order chi connectivity index (χ1) is 10.5. The Labute approximate surface area is 133 Å². The van der Waals surface area contributed by atoms with Crippen molar-refractivity contribution in [3.05, 3.63) is 41.6 Å². The van der Waals surface area contributed by atoms with E-state index in [9.17, 15) is 9.59 Å². The fourth-order valence-electron chi connectivity index (χ4n) is 1.80. The van der Waals surface area contributed by atoms with Crippen LogP contribution in [-0.2, 0) is 9.59 Å². The molecule has 2 aromatic rings. The predicted molar refractivity (Wildman–Crippen MR) is 89.1 cm³/mol. The quantitative estimate of drug-likeness (QED) is 0.763. The Bertz CT molecular complexity index is 669. The number of anilines is 2. The molecular formula is C15H18N4O2S. The van der Waals surface area contributed by atoms with Gasteiger partial charge in [0, 0.05) is 11.3 Å². The molecule has 0 fully saturated rings. The number of aryl methyl sites for hydroxylation is 2. The summed E-state index contributed by atoms with van der Waals surface area (Å²) in [6.45, 7) is 3.81. The highest BCUT2D eigenvalue weighted by Gasteiger charge is 2.08. The number of carbonyl (C=O) groups is 2.